The Bertz CT molecular complexity index is 172. The van der Waals surface area contributed by atoms with Gasteiger partial charge in [0.1, 0.15) is 0 Å². The Morgan fingerprint density at radius 2 is 1.77 bits per heavy atom. The number of rotatable bonds is 1. The summed E-state index contributed by atoms with van der Waals surface area (Å²) < 4.78 is 0. The van der Waals surface area contributed by atoms with Crippen LogP contribution in [0.4, 0.5) is 0 Å². The molecule has 0 aliphatic carbocycles. The van der Waals surface area contributed by atoms with E-state index in [2.05, 4.69) is 46.4 Å². The molecule has 0 radical (unpaired) electrons. The van der Waals surface area contributed by atoms with Crippen LogP contribution in [0, 0.1) is 5.92 Å². The molecular formula is C12H25N. The third-order valence-corrected chi connectivity index (χ3v) is 3.32. The summed E-state index contributed by atoms with van der Waals surface area (Å²) in [5.74, 6) is 0.889. The molecule has 0 bridgehead atoms. The molecule has 1 fully saturated rings. The summed E-state index contributed by atoms with van der Waals surface area (Å²) in [6, 6.07) is 1.43. The van der Waals surface area contributed by atoms with Gasteiger partial charge in [0.15, 0.2) is 0 Å². The van der Waals surface area contributed by atoms with Crippen LogP contribution in [0.1, 0.15) is 54.4 Å². The van der Waals surface area contributed by atoms with Gasteiger partial charge in [0.2, 0.25) is 0 Å². The first kappa shape index (κ1) is 11.0. The van der Waals surface area contributed by atoms with Crippen molar-refractivity contribution in [3.8, 4) is 0 Å². The van der Waals surface area contributed by atoms with Crippen LogP contribution in [0.5, 0.6) is 0 Å². The van der Waals surface area contributed by atoms with E-state index >= 15 is 0 Å². The molecule has 78 valence electrons. The smallest absolute Gasteiger partial charge is 0.0161 e. The van der Waals surface area contributed by atoms with E-state index < -0.39 is 0 Å². The number of nitrogens with zero attached hydrogens (tertiary/aromatic N) is 1. The zero-order chi connectivity index (χ0) is 10.2. The molecule has 0 aromatic rings. The lowest BCUT2D eigenvalue weighted by molar-refractivity contribution is -0.0165. The Labute approximate surface area is 83.5 Å². The Morgan fingerprint density at radius 3 is 2.15 bits per heavy atom. The van der Waals surface area contributed by atoms with Crippen LogP contribution >= 0.6 is 0 Å². The first-order valence-corrected chi connectivity index (χ1v) is 5.63. The van der Waals surface area contributed by atoms with Crippen molar-refractivity contribution in [2.24, 2.45) is 5.92 Å². The summed E-state index contributed by atoms with van der Waals surface area (Å²) in [5.41, 5.74) is 0.394. The van der Waals surface area contributed by atoms with Crippen LogP contribution in [0.3, 0.4) is 0 Å². The fourth-order valence-corrected chi connectivity index (χ4v) is 3.54. The summed E-state index contributed by atoms with van der Waals surface area (Å²) in [7, 11) is 0. The second-order valence-electron chi connectivity index (χ2n) is 5.71. The third kappa shape index (κ3) is 2.25. The Hall–Kier alpha value is -0.0400. The van der Waals surface area contributed by atoms with Crippen molar-refractivity contribution in [1.29, 1.82) is 0 Å². The van der Waals surface area contributed by atoms with Gasteiger partial charge in [-0.1, -0.05) is 6.92 Å². The molecule has 1 rings (SSSR count). The third-order valence-electron chi connectivity index (χ3n) is 3.32. The van der Waals surface area contributed by atoms with Crippen LogP contribution < -0.4 is 0 Å². The molecule has 2 atom stereocenters. The fourth-order valence-electron chi connectivity index (χ4n) is 3.54. The largest absolute Gasteiger partial charge is 0.293 e. The molecule has 1 saturated heterocycles. The maximum atomic E-state index is 2.67. The predicted octanol–water partition coefficient (Wildman–Crippen LogP) is 3.29. The van der Waals surface area contributed by atoms with Gasteiger partial charge < -0.3 is 0 Å². The van der Waals surface area contributed by atoms with Crippen LogP contribution in [-0.4, -0.2) is 22.5 Å². The van der Waals surface area contributed by atoms with Crippen molar-refractivity contribution in [1.82, 2.24) is 4.90 Å². The lowest BCUT2D eigenvalue weighted by Crippen LogP contribution is -2.56. The number of hydrogen-bond donors (Lipinski definition) is 0. The van der Waals surface area contributed by atoms with Crippen molar-refractivity contribution in [2.75, 3.05) is 0 Å². The Morgan fingerprint density at radius 1 is 1.23 bits per heavy atom. The molecule has 0 saturated carbocycles. The maximum Gasteiger partial charge on any atom is 0.0161 e. The van der Waals surface area contributed by atoms with Gasteiger partial charge in [0, 0.05) is 17.6 Å². The molecular weight excluding hydrogens is 158 g/mol. The minimum atomic E-state index is 0.394. The van der Waals surface area contributed by atoms with Crippen LogP contribution in [0.2, 0.25) is 0 Å². The molecule has 1 heteroatoms. The first-order chi connectivity index (χ1) is 5.84. The van der Waals surface area contributed by atoms with E-state index in [9.17, 15) is 0 Å². The van der Waals surface area contributed by atoms with Crippen molar-refractivity contribution in [2.45, 2.75) is 72.0 Å². The lowest BCUT2D eigenvalue weighted by Gasteiger charge is -2.51. The van der Waals surface area contributed by atoms with Gasteiger partial charge in [-0.3, -0.25) is 4.90 Å². The summed E-state index contributed by atoms with van der Waals surface area (Å²) in [6.07, 6.45) is 2.71. The quantitative estimate of drug-likeness (QED) is 0.603. The molecule has 0 aromatic heterocycles. The van der Waals surface area contributed by atoms with Gasteiger partial charge in [-0.25, -0.2) is 0 Å². The van der Waals surface area contributed by atoms with E-state index in [-0.39, 0.29) is 0 Å². The van der Waals surface area contributed by atoms with Crippen molar-refractivity contribution < 1.29 is 0 Å². The van der Waals surface area contributed by atoms with Crippen molar-refractivity contribution in [3.05, 3.63) is 0 Å². The van der Waals surface area contributed by atoms with E-state index in [0.29, 0.717) is 11.6 Å². The van der Waals surface area contributed by atoms with Crippen LogP contribution in [0.25, 0.3) is 0 Å². The molecule has 0 N–H and O–H groups in total. The van der Waals surface area contributed by atoms with Crippen molar-refractivity contribution in [3.63, 3.8) is 0 Å². The van der Waals surface area contributed by atoms with Gasteiger partial charge in [-0.15, -0.1) is 0 Å². The van der Waals surface area contributed by atoms with E-state index in [1.54, 1.807) is 0 Å². The second-order valence-corrected chi connectivity index (χ2v) is 5.71. The summed E-state index contributed by atoms with van der Waals surface area (Å²) in [4.78, 5) is 2.67. The molecule has 13 heavy (non-hydrogen) atoms. The highest BCUT2D eigenvalue weighted by Crippen LogP contribution is 2.36. The maximum absolute atomic E-state index is 2.67. The molecule has 0 aromatic carbocycles. The Balaban J connectivity index is 2.79. The topological polar surface area (TPSA) is 3.24 Å². The summed E-state index contributed by atoms with van der Waals surface area (Å²) in [6.45, 7) is 14.2. The van der Waals surface area contributed by atoms with Gasteiger partial charge >= 0.3 is 0 Å². The minimum absolute atomic E-state index is 0.394. The van der Waals surface area contributed by atoms with E-state index in [4.69, 9.17) is 0 Å². The van der Waals surface area contributed by atoms with Gasteiger partial charge in [0.25, 0.3) is 0 Å². The average molecular weight is 183 g/mol. The lowest BCUT2D eigenvalue weighted by atomic mass is 9.79. The first-order valence-electron chi connectivity index (χ1n) is 5.63. The monoisotopic (exact) mass is 183 g/mol. The highest BCUT2D eigenvalue weighted by molar-refractivity contribution is 4.93. The van der Waals surface area contributed by atoms with Gasteiger partial charge in [0.05, 0.1) is 0 Å². The molecule has 1 nitrogen and oxygen atoms in total. The fraction of sp³-hybridized carbons (Fsp3) is 1.00. The normalized spacial score (nSPS) is 35.3. The standard InChI is InChI=1S/C12H25N/c1-9(2)13-11(4)7-10(3)8-12(13,5)6/h9-11H,7-8H2,1-6H3. The van der Waals surface area contributed by atoms with E-state index in [0.717, 1.165) is 12.0 Å². The molecule has 0 amide bonds. The number of hydrogen-bond acceptors (Lipinski definition) is 1. The van der Waals surface area contributed by atoms with Gasteiger partial charge in [-0.05, 0) is 53.4 Å². The highest BCUT2D eigenvalue weighted by Gasteiger charge is 2.38. The number of piperidine rings is 1. The van der Waals surface area contributed by atoms with Crippen LogP contribution in [-0.2, 0) is 0 Å². The minimum Gasteiger partial charge on any atom is -0.293 e. The molecule has 1 heterocycles. The second kappa shape index (κ2) is 3.61. The zero-order valence-electron chi connectivity index (χ0n) is 10.1. The zero-order valence-corrected chi connectivity index (χ0v) is 10.1. The molecule has 2 unspecified atom stereocenters. The predicted molar refractivity (Wildman–Crippen MR) is 58.9 cm³/mol. The van der Waals surface area contributed by atoms with E-state index in [1.165, 1.54) is 12.8 Å². The molecule has 0 spiro atoms. The van der Waals surface area contributed by atoms with Gasteiger partial charge in [-0.2, -0.15) is 0 Å². The number of likely N-dealkylation sites (tertiary alicyclic amines) is 1. The Kier molecular flexibility index (Phi) is 3.06. The van der Waals surface area contributed by atoms with E-state index in [1.807, 2.05) is 0 Å². The molecule has 1 aliphatic rings. The SMILES string of the molecule is CC1CC(C)N(C(C)C)C(C)(C)C1. The van der Waals surface area contributed by atoms with Crippen LogP contribution in [0.15, 0.2) is 0 Å². The molecule has 1 aliphatic heterocycles. The highest BCUT2D eigenvalue weighted by atomic mass is 15.2. The van der Waals surface area contributed by atoms with Crippen molar-refractivity contribution >= 4 is 0 Å². The summed E-state index contributed by atoms with van der Waals surface area (Å²) >= 11 is 0. The average Bonchev–Trinajstić information content (AvgIpc) is 1.78. The summed E-state index contributed by atoms with van der Waals surface area (Å²) in [5, 5.41) is 0.